The molecule has 5 atom stereocenters. The van der Waals surface area contributed by atoms with Crippen LogP contribution >= 0.6 is 0 Å². The first-order chi connectivity index (χ1) is 27.6. The number of rotatable bonds is 18. The second-order valence-electron chi connectivity index (χ2n) is 14.5. The highest BCUT2D eigenvalue weighted by atomic mass is 16.5. The van der Waals surface area contributed by atoms with E-state index in [0.29, 0.717) is 30.6 Å². The minimum Gasteiger partial charge on any atom is -0.455 e. The fourth-order valence-electron chi connectivity index (χ4n) is 3.89. The lowest BCUT2D eigenvalue weighted by Crippen LogP contribution is -2.54. The maximum atomic E-state index is 12.0. The molecule has 0 bridgehead atoms. The minimum absolute atomic E-state index is 0.0134. The number of hydrogen-bond acceptors (Lipinski definition) is 9. The van der Waals surface area contributed by atoms with Gasteiger partial charge >= 0.3 is 5.97 Å². The lowest BCUT2D eigenvalue weighted by atomic mass is 9.97. The zero-order chi connectivity index (χ0) is 46.9. The van der Waals surface area contributed by atoms with Gasteiger partial charge in [0.05, 0.1) is 6.04 Å². The Balaban J connectivity index is -0.000000218. The van der Waals surface area contributed by atoms with Crippen LogP contribution < -0.4 is 32.3 Å². The molecule has 0 spiro atoms. The van der Waals surface area contributed by atoms with Crippen molar-refractivity contribution in [1.29, 1.82) is 0 Å². The SMILES string of the molecule is C/C=C(\C)CC(C)CC/C=C(\C)C(=O)OCC=O.CC(C)C.CCC(=O)NC(C(=O)N[C@H](C)C(N)=O)C(C)CC.CNC(=O)C(C)NC.CNC=O.Cc1ccccc1. The van der Waals surface area contributed by atoms with Crippen molar-refractivity contribution in [3.8, 4) is 0 Å². The van der Waals surface area contributed by atoms with Gasteiger partial charge in [0.15, 0.2) is 6.29 Å². The van der Waals surface area contributed by atoms with Crippen molar-refractivity contribution >= 4 is 42.3 Å². The van der Waals surface area contributed by atoms with Crippen molar-refractivity contribution in [2.75, 3.05) is 27.7 Å². The molecule has 0 saturated heterocycles. The van der Waals surface area contributed by atoms with E-state index in [1.807, 2.05) is 38.1 Å². The second kappa shape index (κ2) is 42.7. The van der Waals surface area contributed by atoms with Crippen molar-refractivity contribution in [3.05, 3.63) is 59.2 Å². The highest BCUT2D eigenvalue weighted by Crippen LogP contribution is 2.17. The Labute approximate surface area is 357 Å². The highest BCUT2D eigenvalue weighted by molar-refractivity contribution is 5.91. The molecular weight excluding hydrogens is 753 g/mol. The van der Waals surface area contributed by atoms with Crippen LogP contribution in [0.4, 0.5) is 0 Å². The van der Waals surface area contributed by atoms with Crippen LogP contribution in [0.15, 0.2) is 53.6 Å². The lowest BCUT2D eigenvalue weighted by molar-refractivity contribution is -0.141. The van der Waals surface area contributed by atoms with Crippen LogP contribution in [0.25, 0.3) is 0 Å². The number of primary amides is 1. The molecule has 14 nitrogen and oxygen atoms in total. The minimum atomic E-state index is -0.748. The molecular formula is C45H82N6O8. The van der Waals surface area contributed by atoms with E-state index in [-0.39, 0.29) is 36.3 Å². The van der Waals surface area contributed by atoms with E-state index in [4.69, 9.17) is 15.3 Å². The number of amides is 5. The van der Waals surface area contributed by atoms with Gasteiger partial charge in [0.25, 0.3) is 0 Å². The topological polar surface area (TPSA) is 215 Å². The van der Waals surface area contributed by atoms with Crippen molar-refractivity contribution in [2.45, 2.75) is 140 Å². The van der Waals surface area contributed by atoms with E-state index < -0.39 is 24.0 Å². The van der Waals surface area contributed by atoms with E-state index >= 15 is 0 Å². The fraction of sp³-hybridized carbons (Fsp3) is 0.622. The number of nitrogens with one attached hydrogen (secondary N) is 5. The number of carbonyl (C=O) groups is 7. The summed E-state index contributed by atoms with van der Waals surface area (Å²) >= 11 is 0. The van der Waals surface area contributed by atoms with Crippen LogP contribution in [-0.4, -0.2) is 88.2 Å². The quantitative estimate of drug-likeness (QED) is 0.0461. The molecule has 5 amide bonds. The van der Waals surface area contributed by atoms with E-state index in [1.54, 1.807) is 41.9 Å². The standard InChI is InChI=1S/C15H24O3.C12H23N3O3.C7H8.C5H12N2O.C4H10.C2H5NO/c1-5-12(2)11-13(3)7-6-8-14(4)15(17)18-10-9-16;1-5-7(3)10(15-9(16)6-2)12(18)14-8(4)11(13)17;1-7-5-3-2-4-6-7;1-4(6-2)5(8)7-3;1-4(2)3;1-3-2-4/h5,8-9,13H,6-7,10-11H2,1-4H3;7-8,10H,5-6H2,1-4H3,(H2,13,17)(H,14,18)(H,15,16);2-6H,1H3;4,6H,1-3H3,(H,7,8);4H,1-3H3;2H,1H3,(H,3,4)/b12-5+,14-8+;;;;;/t;7?,8-,10?;;;;/m.1..../s1. The number of benzene rings is 1. The summed E-state index contributed by atoms with van der Waals surface area (Å²) in [4.78, 5) is 75.3. The van der Waals surface area contributed by atoms with E-state index in [0.717, 1.165) is 31.6 Å². The third kappa shape index (κ3) is 44.1. The van der Waals surface area contributed by atoms with Crippen molar-refractivity contribution < 1.29 is 38.3 Å². The van der Waals surface area contributed by atoms with Crippen LogP contribution in [0, 0.1) is 24.7 Å². The zero-order valence-corrected chi connectivity index (χ0v) is 39.2. The number of carbonyl (C=O) groups excluding carboxylic acids is 7. The molecule has 0 aromatic heterocycles. The van der Waals surface area contributed by atoms with Gasteiger partial charge in [-0.2, -0.15) is 0 Å². The van der Waals surface area contributed by atoms with Crippen LogP contribution in [-0.2, 0) is 38.3 Å². The van der Waals surface area contributed by atoms with Crippen LogP contribution in [0.3, 0.4) is 0 Å². The average molecular weight is 835 g/mol. The largest absolute Gasteiger partial charge is 0.455 e. The molecule has 0 heterocycles. The summed E-state index contributed by atoms with van der Waals surface area (Å²) < 4.78 is 4.71. The zero-order valence-electron chi connectivity index (χ0n) is 39.2. The maximum absolute atomic E-state index is 12.0. The van der Waals surface area contributed by atoms with Crippen molar-refractivity contribution in [2.24, 2.45) is 23.5 Å². The summed E-state index contributed by atoms with van der Waals surface area (Å²) in [5, 5.41) is 12.7. The second-order valence-corrected chi connectivity index (χ2v) is 14.5. The molecule has 4 unspecified atom stereocenters. The smallest absolute Gasteiger partial charge is 0.333 e. The number of hydrogen-bond donors (Lipinski definition) is 6. The van der Waals surface area contributed by atoms with E-state index in [9.17, 15) is 28.8 Å². The van der Waals surface area contributed by atoms with Crippen molar-refractivity contribution in [1.82, 2.24) is 26.6 Å². The number of likely N-dealkylation sites (N-methyl/N-ethyl adjacent to an activating group) is 2. The third-order valence-electron chi connectivity index (χ3n) is 7.93. The molecule has 0 radical (unpaired) electrons. The Morgan fingerprint density at radius 1 is 0.831 bits per heavy atom. The molecule has 59 heavy (non-hydrogen) atoms. The summed E-state index contributed by atoms with van der Waals surface area (Å²) in [5.41, 5.74) is 8.37. The number of aryl methyl sites for hydroxylation is 1. The third-order valence-corrected chi connectivity index (χ3v) is 7.93. The van der Waals surface area contributed by atoms with Gasteiger partial charge in [-0.05, 0) is 85.6 Å². The van der Waals surface area contributed by atoms with Crippen LogP contribution in [0.5, 0.6) is 0 Å². The number of allylic oxidation sites excluding steroid dienone is 3. The molecule has 1 aromatic carbocycles. The normalized spacial score (nSPS) is 12.8. The summed E-state index contributed by atoms with van der Waals surface area (Å²) in [7, 11) is 4.93. The van der Waals surface area contributed by atoms with Crippen LogP contribution in [0.2, 0.25) is 0 Å². The fourth-order valence-corrected chi connectivity index (χ4v) is 3.89. The van der Waals surface area contributed by atoms with E-state index in [1.165, 1.54) is 18.1 Å². The summed E-state index contributed by atoms with van der Waals surface area (Å²) in [6.07, 6.45) is 9.28. The van der Waals surface area contributed by atoms with Crippen molar-refractivity contribution in [3.63, 3.8) is 0 Å². The Kier molecular flexibility index (Phi) is 45.9. The maximum Gasteiger partial charge on any atom is 0.333 e. The Hall–Kier alpha value is -4.85. The predicted octanol–water partition coefficient (Wildman–Crippen LogP) is 5.72. The molecule has 1 aromatic rings. The molecule has 7 N–H and O–H groups in total. The molecule has 0 aliphatic carbocycles. The average Bonchev–Trinajstić information content (AvgIpc) is 3.21. The van der Waals surface area contributed by atoms with E-state index in [2.05, 4.69) is 93.3 Å². The first-order valence-corrected chi connectivity index (χ1v) is 20.4. The lowest BCUT2D eigenvalue weighted by Gasteiger charge is -2.24. The molecule has 0 saturated carbocycles. The van der Waals surface area contributed by atoms with Gasteiger partial charge in [-0.3, -0.25) is 28.8 Å². The van der Waals surface area contributed by atoms with Gasteiger partial charge in [-0.25, -0.2) is 4.79 Å². The highest BCUT2D eigenvalue weighted by Gasteiger charge is 2.27. The number of aldehydes is 1. The van der Waals surface area contributed by atoms with Gasteiger partial charge in [-0.1, -0.05) is 109 Å². The molecule has 1 rings (SSSR count). The van der Waals surface area contributed by atoms with Gasteiger partial charge < -0.3 is 37.1 Å². The number of nitrogens with two attached hydrogens (primary N) is 1. The van der Waals surface area contributed by atoms with Gasteiger partial charge in [-0.15, -0.1) is 0 Å². The summed E-state index contributed by atoms with van der Waals surface area (Å²) in [5.74, 6) is -0.128. The van der Waals surface area contributed by atoms with Gasteiger partial charge in [0.1, 0.15) is 18.7 Å². The molecule has 340 valence electrons. The molecule has 14 heteroatoms. The molecule has 0 aliphatic rings. The monoisotopic (exact) mass is 835 g/mol. The molecule has 0 aliphatic heterocycles. The van der Waals surface area contributed by atoms with Gasteiger partial charge in [0.2, 0.25) is 30.0 Å². The first kappa shape index (κ1) is 63.3. The van der Waals surface area contributed by atoms with Gasteiger partial charge in [0, 0.05) is 26.1 Å². The van der Waals surface area contributed by atoms with Crippen LogP contribution in [0.1, 0.15) is 121 Å². The molecule has 0 fully saturated rings. The Morgan fingerprint density at radius 2 is 1.36 bits per heavy atom. The summed E-state index contributed by atoms with van der Waals surface area (Å²) in [6, 6.07) is 8.80. The predicted molar refractivity (Wildman–Crippen MR) is 241 cm³/mol. The number of esters is 1. The summed E-state index contributed by atoms with van der Waals surface area (Å²) in [6.45, 7) is 25.4. The first-order valence-electron chi connectivity index (χ1n) is 20.4. The Morgan fingerprint density at radius 3 is 1.69 bits per heavy atom. The number of ether oxygens (including phenoxy) is 1. The Bertz CT molecular complexity index is 1330.